The number of benzene rings is 1. The van der Waals surface area contributed by atoms with E-state index in [-0.39, 0.29) is 5.91 Å². The first-order valence-electron chi connectivity index (χ1n) is 9.57. The Bertz CT molecular complexity index is 1010. The summed E-state index contributed by atoms with van der Waals surface area (Å²) in [4.78, 5) is 12.9. The van der Waals surface area contributed by atoms with Crippen LogP contribution in [0.4, 0.5) is 0 Å². The van der Waals surface area contributed by atoms with Crippen LogP contribution in [0.5, 0.6) is 0 Å². The summed E-state index contributed by atoms with van der Waals surface area (Å²) in [7, 11) is 0. The molecule has 3 aromatic rings. The van der Waals surface area contributed by atoms with Crippen LogP contribution >= 0.6 is 0 Å². The SMILES string of the molecule is Cc1ccc(-n2nc(C(=O)NCc3nnc4n3CCC4)c3c2CCC3)cc1. The van der Waals surface area contributed by atoms with Gasteiger partial charge in [-0.2, -0.15) is 5.10 Å². The van der Waals surface area contributed by atoms with Crippen molar-refractivity contribution in [2.45, 2.75) is 52.1 Å². The minimum atomic E-state index is -0.130. The Balaban J connectivity index is 1.40. The van der Waals surface area contributed by atoms with E-state index < -0.39 is 0 Å². The Hall–Kier alpha value is -2.96. The number of rotatable bonds is 4. The second-order valence-electron chi connectivity index (χ2n) is 7.35. The Morgan fingerprint density at radius 2 is 1.96 bits per heavy atom. The van der Waals surface area contributed by atoms with Crippen LogP contribution in [0.1, 0.15) is 51.8 Å². The molecule has 7 heteroatoms. The van der Waals surface area contributed by atoms with Crippen LogP contribution in [0.25, 0.3) is 5.69 Å². The minimum Gasteiger partial charge on any atom is -0.343 e. The van der Waals surface area contributed by atoms with Gasteiger partial charge in [-0.25, -0.2) is 4.68 Å². The molecule has 5 rings (SSSR count). The lowest BCUT2D eigenvalue weighted by Gasteiger charge is -2.06. The zero-order valence-electron chi connectivity index (χ0n) is 15.4. The lowest BCUT2D eigenvalue weighted by atomic mass is 10.2. The second-order valence-corrected chi connectivity index (χ2v) is 7.35. The Morgan fingerprint density at radius 1 is 1.11 bits per heavy atom. The molecule has 0 fully saturated rings. The fourth-order valence-corrected chi connectivity index (χ4v) is 4.10. The highest BCUT2D eigenvalue weighted by Crippen LogP contribution is 2.28. The van der Waals surface area contributed by atoms with E-state index in [0.717, 1.165) is 67.2 Å². The number of aryl methyl sites for hydroxylation is 2. The summed E-state index contributed by atoms with van der Waals surface area (Å²) < 4.78 is 4.04. The lowest BCUT2D eigenvalue weighted by Crippen LogP contribution is -2.26. The van der Waals surface area contributed by atoms with Crippen molar-refractivity contribution in [2.24, 2.45) is 0 Å². The van der Waals surface area contributed by atoms with Gasteiger partial charge in [-0.1, -0.05) is 17.7 Å². The van der Waals surface area contributed by atoms with Gasteiger partial charge in [0.05, 0.1) is 12.2 Å². The van der Waals surface area contributed by atoms with E-state index in [2.05, 4.69) is 56.4 Å². The number of aromatic nitrogens is 5. The highest BCUT2D eigenvalue weighted by molar-refractivity contribution is 5.94. The molecule has 0 saturated heterocycles. The standard InChI is InChI=1S/C20H22N6O/c1-13-7-9-14(10-8-13)26-16-5-2-4-15(16)19(24-26)20(27)21-12-18-23-22-17-6-3-11-25(17)18/h7-10H,2-6,11-12H2,1H3,(H,21,27). The normalized spacial score (nSPS) is 15.0. The maximum atomic E-state index is 12.9. The molecule has 0 spiro atoms. The van der Waals surface area contributed by atoms with Crippen LogP contribution in [0.2, 0.25) is 0 Å². The summed E-state index contributed by atoms with van der Waals surface area (Å²) in [6, 6.07) is 8.26. The predicted octanol–water partition coefficient (Wildman–Crippen LogP) is 2.14. The first-order valence-corrected chi connectivity index (χ1v) is 9.57. The van der Waals surface area contributed by atoms with Crippen molar-refractivity contribution in [3.05, 3.63) is 58.4 Å². The molecule has 2 aromatic heterocycles. The van der Waals surface area contributed by atoms with Crippen LogP contribution in [0.3, 0.4) is 0 Å². The second kappa shape index (κ2) is 6.33. The first-order chi connectivity index (χ1) is 13.2. The van der Waals surface area contributed by atoms with Gasteiger partial charge in [0, 0.05) is 24.2 Å². The Labute approximate surface area is 157 Å². The van der Waals surface area contributed by atoms with Crippen molar-refractivity contribution >= 4 is 5.91 Å². The van der Waals surface area contributed by atoms with Gasteiger partial charge < -0.3 is 9.88 Å². The predicted molar refractivity (Wildman–Crippen MR) is 99.8 cm³/mol. The average Bonchev–Trinajstić information content (AvgIpc) is 3.42. The smallest absolute Gasteiger partial charge is 0.272 e. The fourth-order valence-electron chi connectivity index (χ4n) is 4.10. The molecule has 0 unspecified atom stereocenters. The third-order valence-corrected chi connectivity index (χ3v) is 5.52. The minimum absolute atomic E-state index is 0.130. The molecule has 138 valence electrons. The van der Waals surface area contributed by atoms with Crippen molar-refractivity contribution < 1.29 is 4.79 Å². The molecule has 27 heavy (non-hydrogen) atoms. The van der Waals surface area contributed by atoms with Crippen LogP contribution in [-0.2, 0) is 32.4 Å². The molecule has 0 saturated carbocycles. The van der Waals surface area contributed by atoms with Crippen molar-refractivity contribution in [2.75, 3.05) is 0 Å². The van der Waals surface area contributed by atoms with Gasteiger partial charge in [-0.15, -0.1) is 10.2 Å². The fraction of sp³-hybridized carbons (Fsp3) is 0.400. The monoisotopic (exact) mass is 362 g/mol. The van der Waals surface area contributed by atoms with Crippen molar-refractivity contribution in [3.63, 3.8) is 0 Å². The highest BCUT2D eigenvalue weighted by Gasteiger charge is 2.27. The van der Waals surface area contributed by atoms with Crippen LogP contribution in [-0.4, -0.2) is 30.5 Å². The summed E-state index contributed by atoms with van der Waals surface area (Å²) in [5, 5.41) is 16.1. The van der Waals surface area contributed by atoms with Crippen molar-refractivity contribution in [1.82, 2.24) is 29.9 Å². The van der Waals surface area contributed by atoms with Gasteiger partial charge in [0.15, 0.2) is 11.5 Å². The third-order valence-electron chi connectivity index (χ3n) is 5.52. The molecule has 1 N–H and O–H groups in total. The van der Waals surface area contributed by atoms with E-state index in [4.69, 9.17) is 0 Å². The quantitative estimate of drug-likeness (QED) is 0.771. The van der Waals surface area contributed by atoms with E-state index in [1.54, 1.807) is 0 Å². The molecule has 1 aromatic carbocycles. The molecule has 2 aliphatic rings. The molecular formula is C20H22N6O. The molecule has 1 amide bonds. The molecule has 0 bridgehead atoms. The van der Waals surface area contributed by atoms with Crippen molar-refractivity contribution in [3.8, 4) is 5.69 Å². The largest absolute Gasteiger partial charge is 0.343 e. The zero-order chi connectivity index (χ0) is 18.4. The molecule has 1 aliphatic carbocycles. The van der Waals surface area contributed by atoms with Crippen molar-refractivity contribution in [1.29, 1.82) is 0 Å². The summed E-state index contributed by atoms with van der Waals surface area (Å²) in [6.07, 6.45) is 5.00. The molecule has 0 radical (unpaired) electrons. The van der Waals surface area contributed by atoms with Gasteiger partial charge in [0.2, 0.25) is 0 Å². The topological polar surface area (TPSA) is 77.6 Å². The number of hydrogen-bond donors (Lipinski definition) is 1. The molecule has 0 atom stereocenters. The summed E-state index contributed by atoms with van der Waals surface area (Å²) >= 11 is 0. The Morgan fingerprint density at radius 3 is 2.81 bits per heavy atom. The van der Waals surface area contributed by atoms with E-state index in [1.165, 1.54) is 5.56 Å². The van der Waals surface area contributed by atoms with E-state index in [1.807, 2.05) is 4.68 Å². The lowest BCUT2D eigenvalue weighted by molar-refractivity contribution is 0.0943. The number of hydrogen-bond acceptors (Lipinski definition) is 4. The van der Waals surface area contributed by atoms with E-state index in [9.17, 15) is 4.79 Å². The van der Waals surface area contributed by atoms with Gasteiger partial charge in [-0.05, 0) is 44.7 Å². The van der Waals surface area contributed by atoms with Crippen LogP contribution in [0, 0.1) is 6.92 Å². The zero-order valence-corrected chi connectivity index (χ0v) is 15.4. The molecule has 3 heterocycles. The summed E-state index contributed by atoms with van der Waals surface area (Å²) in [5.74, 6) is 1.71. The average molecular weight is 362 g/mol. The van der Waals surface area contributed by atoms with Crippen LogP contribution < -0.4 is 5.32 Å². The summed E-state index contributed by atoms with van der Waals surface area (Å²) in [6.45, 7) is 3.39. The number of fused-ring (bicyclic) bond motifs is 2. The van der Waals surface area contributed by atoms with E-state index >= 15 is 0 Å². The highest BCUT2D eigenvalue weighted by atomic mass is 16.2. The van der Waals surface area contributed by atoms with Gasteiger partial charge in [-0.3, -0.25) is 4.79 Å². The first kappa shape index (κ1) is 16.2. The van der Waals surface area contributed by atoms with Gasteiger partial charge >= 0.3 is 0 Å². The molecule has 1 aliphatic heterocycles. The number of nitrogens with zero attached hydrogens (tertiary/aromatic N) is 5. The Kier molecular flexibility index (Phi) is 3.81. The maximum Gasteiger partial charge on any atom is 0.272 e. The molecular weight excluding hydrogens is 340 g/mol. The summed E-state index contributed by atoms with van der Waals surface area (Å²) in [5.41, 5.74) is 5.01. The number of carbonyl (C=O) groups is 1. The van der Waals surface area contributed by atoms with Gasteiger partial charge in [0.25, 0.3) is 5.91 Å². The third kappa shape index (κ3) is 2.74. The van der Waals surface area contributed by atoms with Crippen LogP contribution in [0.15, 0.2) is 24.3 Å². The maximum absolute atomic E-state index is 12.9. The van der Waals surface area contributed by atoms with E-state index in [0.29, 0.717) is 12.2 Å². The van der Waals surface area contributed by atoms with Gasteiger partial charge in [0.1, 0.15) is 5.82 Å². The number of carbonyl (C=O) groups excluding carboxylic acids is 1. The number of amides is 1. The number of nitrogens with one attached hydrogen (secondary N) is 1. The molecule has 7 nitrogen and oxygen atoms in total.